The van der Waals surface area contributed by atoms with Gasteiger partial charge in [-0.3, -0.25) is 0 Å². The van der Waals surface area contributed by atoms with Crippen LogP contribution in [-0.4, -0.2) is 22.1 Å². The number of hydrogen-bond donors (Lipinski definition) is 2. The first-order chi connectivity index (χ1) is 9.69. The third kappa shape index (κ3) is 1.85. The molecule has 2 saturated carbocycles. The molecule has 2 fully saturated rings. The Labute approximate surface area is 116 Å². The Morgan fingerprint density at radius 2 is 2.25 bits per heavy atom. The van der Waals surface area contributed by atoms with Crippen molar-refractivity contribution in [1.82, 2.24) is 4.98 Å². The molecule has 2 aliphatic carbocycles. The number of anilines is 1. The van der Waals surface area contributed by atoms with Crippen molar-refractivity contribution in [2.45, 2.75) is 31.7 Å². The monoisotopic (exact) mass is 272 g/mol. The molecule has 2 N–H and O–H groups in total. The Bertz CT molecular complexity index is 679. The summed E-state index contributed by atoms with van der Waals surface area (Å²) >= 11 is 0. The summed E-state index contributed by atoms with van der Waals surface area (Å²) < 4.78 is 5.64. The minimum Gasteiger partial charge on any atom is -0.478 e. The van der Waals surface area contributed by atoms with Crippen molar-refractivity contribution in [3.63, 3.8) is 0 Å². The zero-order valence-electron chi connectivity index (χ0n) is 11.0. The largest absolute Gasteiger partial charge is 0.478 e. The second-order valence-corrected chi connectivity index (χ2v) is 5.93. The summed E-state index contributed by atoms with van der Waals surface area (Å²) in [6.07, 6.45) is 5.18. The number of hydrogen-bond acceptors (Lipinski definition) is 4. The van der Waals surface area contributed by atoms with Gasteiger partial charge in [-0.25, -0.2) is 4.79 Å². The van der Waals surface area contributed by atoms with Crippen LogP contribution in [0.3, 0.4) is 0 Å². The van der Waals surface area contributed by atoms with E-state index in [-0.39, 0.29) is 5.56 Å². The highest BCUT2D eigenvalue weighted by Gasteiger charge is 2.39. The highest BCUT2D eigenvalue weighted by molar-refractivity contribution is 5.92. The molecule has 3 unspecified atom stereocenters. The second-order valence-electron chi connectivity index (χ2n) is 5.93. The van der Waals surface area contributed by atoms with Crippen LogP contribution in [0.5, 0.6) is 0 Å². The molecule has 3 atom stereocenters. The van der Waals surface area contributed by atoms with Crippen molar-refractivity contribution < 1.29 is 14.3 Å². The van der Waals surface area contributed by atoms with Gasteiger partial charge in [-0.1, -0.05) is 6.42 Å². The number of carboxylic acid groups (broad SMARTS) is 1. The first-order valence-corrected chi connectivity index (χ1v) is 7.09. The fourth-order valence-electron chi connectivity index (χ4n) is 3.70. The van der Waals surface area contributed by atoms with Crippen LogP contribution >= 0.6 is 0 Å². The molecule has 20 heavy (non-hydrogen) atoms. The van der Waals surface area contributed by atoms with Gasteiger partial charge < -0.3 is 14.8 Å². The third-order valence-corrected chi connectivity index (χ3v) is 4.68. The van der Waals surface area contributed by atoms with E-state index in [0.717, 1.165) is 11.8 Å². The van der Waals surface area contributed by atoms with Crippen LogP contribution in [0.15, 0.2) is 22.6 Å². The van der Waals surface area contributed by atoms with Gasteiger partial charge in [0.15, 0.2) is 5.58 Å². The maximum Gasteiger partial charge on any atom is 0.335 e. The summed E-state index contributed by atoms with van der Waals surface area (Å²) in [6, 6.07) is 5.74. The quantitative estimate of drug-likeness (QED) is 0.897. The van der Waals surface area contributed by atoms with Crippen LogP contribution in [0.25, 0.3) is 11.1 Å². The van der Waals surface area contributed by atoms with Gasteiger partial charge in [0.1, 0.15) is 5.52 Å². The smallest absolute Gasteiger partial charge is 0.335 e. The van der Waals surface area contributed by atoms with Gasteiger partial charge in [-0.05, 0) is 49.3 Å². The molecule has 0 spiro atoms. The molecule has 5 nitrogen and oxygen atoms in total. The predicted octanol–water partition coefficient (Wildman–Crippen LogP) is 3.13. The molecule has 4 rings (SSSR count). The number of nitrogens with zero attached hydrogens (tertiary/aromatic N) is 1. The summed E-state index contributed by atoms with van der Waals surface area (Å²) in [7, 11) is 0. The van der Waals surface area contributed by atoms with Crippen molar-refractivity contribution >= 4 is 23.1 Å². The van der Waals surface area contributed by atoms with E-state index < -0.39 is 5.97 Å². The van der Waals surface area contributed by atoms with Crippen LogP contribution in [0.1, 0.15) is 36.0 Å². The molecule has 0 aliphatic heterocycles. The van der Waals surface area contributed by atoms with E-state index in [0.29, 0.717) is 23.2 Å². The molecule has 1 aromatic heterocycles. The molecular weight excluding hydrogens is 256 g/mol. The van der Waals surface area contributed by atoms with E-state index >= 15 is 0 Å². The average molecular weight is 272 g/mol. The lowest BCUT2D eigenvalue weighted by Crippen LogP contribution is -2.25. The van der Waals surface area contributed by atoms with Crippen molar-refractivity contribution in [1.29, 1.82) is 0 Å². The molecule has 2 aromatic rings. The zero-order valence-corrected chi connectivity index (χ0v) is 11.0. The van der Waals surface area contributed by atoms with Gasteiger partial charge in [0.2, 0.25) is 0 Å². The Hall–Kier alpha value is -2.04. The van der Waals surface area contributed by atoms with Crippen molar-refractivity contribution in [3.8, 4) is 0 Å². The van der Waals surface area contributed by atoms with Gasteiger partial charge in [-0.15, -0.1) is 0 Å². The molecule has 1 heterocycles. The zero-order chi connectivity index (χ0) is 13.7. The van der Waals surface area contributed by atoms with Crippen LogP contribution in [0.2, 0.25) is 0 Å². The number of nitrogens with one attached hydrogen (secondary N) is 1. The van der Waals surface area contributed by atoms with E-state index in [1.54, 1.807) is 12.1 Å². The lowest BCUT2D eigenvalue weighted by Gasteiger charge is -2.21. The van der Waals surface area contributed by atoms with Crippen molar-refractivity contribution in [2.75, 3.05) is 5.32 Å². The Morgan fingerprint density at radius 3 is 2.95 bits per heavy atom. The van der Waals surface area contributed by atoms with Gasteiger partial charge in [0.25, 0.3) is 6.01 Å². The fourth-order valence-corrected chi connectivity index (χ4v) is 3.70. The van der Waals surface area contributed by atoms with E-state index in [4.69, 9.17) is 9.52 Å². The van der Waals surface area contributed by atoms with E-state index in [1.807, 2.05) is 0 Å². The highest BCUT2D eigenvalue weighted by atomic mass is 16.4. The second kappa shape index (κ2) is 4.23. The number of carboxylic acids is 1. The standard InChI is InChI=1S/C15H16N2O3/c18-14(19)10-3-4-11-13(7-10)20-15(16-11)17-12-6-8-1-2-9(12)5-8/h3-4,7-9,12H,1-2,5-6H2,(H,16,17)(H,18,19). The number of benzene rings is 1. The normalized spacial score (nSPS) is 28.1. The topological polar surface area (TPSA) is 75.4 Å². The Balaban J connectivity index is 1.59. The SMILES string of the molecule is O=C(O)c1ccc2nc(NC3CC4CCC3C4)oc2c1. The van der Waals surface area contributed by atoms with Crippen molar-refractivity contribution in [2.24, 2.45) is 11.8 Å². The summed E-state index contributed by atoms with van der Waals surface area (Å²) in [4.78, 5) is 15.3. The number of carbonyl (C=O) groups is 1. The number of rotatable bonds is 3. The van der Waals surface area contributed by atoms with Crippen LogP contribution in [0, 0.1) is 11.8 Å². The van der Waals surface area contributed by atoms with Gasteiger partial charge >= 0.3 is 5.97 Å². The molecular formula is C15H16N2O3. The molecule has 5 heteroatoms. The maximum atomic E-state index is 10.9. The molecule has 1 aromatic carbocycles. The summed E-state index contributed by atoms with van der Waals surface area (Å²) in [5, 5.41) is 12.4. The van der Waals surface area contributed by atoms with Crippen LogP contribution < -0.4 is 5.32 Å². The maximum absolute atomic E-state index is 10.9. The lowest BCUT2D eigenvalue weighted by atomic mass is 9.96. The average Bonchev–Trinajstić information content (AvgIpc) is 3.11. The van der Waals surface area contributed by atoms with E-state index in [9.17, 15) is 4.79 Å². The van der Waals surface area contributed by atoms with Gasteiger partial charge in [-0.2, -0.15) is 4.98 Å². The first-order valence-electron chi connectivity index (χ1n) is 7.09. The fraction of sp³-hybridized carbons (Fsp3) is 0.467. The molecule has 0 saturated heterocycles. The first kappa shape index (κ1) is 11.8. The number of oxazole rings is 1. The highest BCUT2D eigenvalue weighted by Crippen LogP contribution is 2.45. The van der Waals surface area contributed by atoms with Gasteiger partial charge in [0, 0.05) is 6.04 Å². The molecule has 104 valence electrons. The van der Waals surface area contributed by atoms with E-state index in [2.05, 4.69) is 10.3 Å². The minimum absolute atomic E-state index is 0.222. The van der Waals surface area contributed by atoms with Crippen molar-refractivity contribution in [3.05, 3.63) is 23.8 Å². The van der Waals surface area contributed by atoms with Crippen LogP contribution in [0.4, 0.5) is 6.01 Å². The molecule has 2 bridgehead atoms. The Morgan fingerprint density at radius 1 is 1.35 bits per heavy atom. The molecule has 0 amide bonds. The Kier molecular flexibility index (Phi) is 2.49. The van der Waals surface area contributed by atoms with E-state index in [1.165, 1.54) is 31.7 Å². The van der Waals surface area contributed by atoms with Crippen LogP contribution in [-0.2, 0) is 0 Å². The predicted molar refractivity (Wildman–Crippen MR) is 73.8 cm³/mol. The summed E-state index contributed by atoms with van der Waals surface area (Å²) in [5.74, 6) is 0.649. The third-order valence-electron chi connectivity index (χ3n) is 4.68. The number of aromatic nitrogens is 1. The summed E-state index contributed by atoms with van der Waals surface area (Å²) in [6.45, 7) is 0. The summed E-state index contributed by atoms with van der Waals surface area (Å²) in [5.41, 5.74) is 1.44. The molecule has 0 radical (unpaired) electrons. The lowest BCUT2D eigenvalue weighted by molar-refractivity contribution is 0.0697. The van der Waals surface area contributed by atoms with Gasteiger partial charge in [0.05, 0.1) is 5.56 Å². The minimum atomic E-state index is -0.953. The number of fused-ring (bicyclic) bond motifs is 3. The molecule has 2 aliphatic rings. The number of aromatic carboxylic acids is 1.